The number of halogens is 1. The summed E-state index contributed by atoms with van der Waals surface area (Å²) in [6, 6.07) is 7.34. The molecular weight excluding hydrogens is 425 g/mol. The molecule has 9 nitrogen and oxygen atoms in total. The van der Waals surface area contributed by atoms with E-state index in [4.69, 9.17) is 10.1 Å². The molecule has 2 atom stereocenters. The van der Waals surface area contributed by atoms with Crippen LogP contribution in [0.15, 0.2) is 36.5 Å². The summed E-state index contributed by atoms with van der Waals surface area (Å²) in [4.78, 5) is 16.3. The van der Waals surface area contributed by atoms with Gasteiger partial charge in [-0.25, -0.2) is 22.1 Å². The van der Waals surface area contributed by atoms with E-state index in [2.05, 4.69) is 15.6 Å². The highest BCUT2D eigenvalue weighted by Crippen LogP contribution is 2.43. The number of hydrogen-bond donors (Lipinski definition) is 3. The first-order valence-electron chi connectivity index (χ1n) is 9.67. The second-order valence-electron chi connectivity index (χ2n) is 7.69. The van der Waals surface area contributed by atoms with Gasteiger partial charge in [0.2, 0.25) is 16.0 Å². The topological polar surface area (TPSA) is 124 Å². The molecule has 11 heteroatoms. The number of nitrogens with zero attached hydrogens (tertiary/aromatic N) is 2. The zero-order valence-corrected chi connectivity index (χ0v) is 17.8. The third-order valence-electron chi connectivity index (χ3n) is 5.70. The highest BCUT2D eigenvalue weighted by atomic mass is 32.2. The molecule has 0 bridgehead atoms. The predicted octanol–water partition coefficient (Wildman–Crippen LogP) is 2.03. The molecule has 0 radical (unpaired) electrons. The van der Waals surface area contributed by atoms with E-state index < -0.39 is 32.5 Å². The number of amides is 1. The van der Waals surface area contributed by atoms with Crippen molar-refractivity contribution >= 4 is 27.6 Å². The molecule has 1 fully saturated rings. The first-order valence-corrected chi connectivity index (χ1v) is 11.2. The second kappa shape index (κ2) is 7.49. The number of fused-ring (bicyclic) bond motifs is 3. The number of pyridine rings is 1. The lowest BCUT2D eigenvalue weighted by molar-refractivity contribution is 0.102. The number of rotatable bonds is 2. The van der Waals surface area contributed by atoms with E-state index in [1.807, 2.05) is 0 Å². The minimum atomic E-state index is -3.78. The van der Waals surface area contributed by atoms with Crippen molar-refractivity contribution in [3.8, 4) is 5.75 Å². The summed E-state index contributed by atoms with van der Waals surface area (Å²) < 4.78 is 46.1. The molecule has 1 saturated heterocycles. The van der Waals surface area contributed by atoms with Gasteiger partial charge in [0.1, 0.15) is 22.5 Å². The van der Waals surface area contributed by atoms with Crippen LogP contribution in [-0.2, 0) is 15.6 Å². The Morgan fingerprint density at radius 2 is 2.16 bits per heavy atom. The molecule has 1 amide bonds. The molecule has 1 aromatic carbocycles. The van der Waals surface area contributed by atoms with Crippen molar-refractivity contribution in [1.29, 1.82) is 5.41 Å². The van der Waals surface area contributed by atoms with E-state index in [-0.39, 0.29) is 11.7 Å². The zero-order chi connectivity index (χ0) is 22.4. The summed E-state index contributed by atoms with van der Waals surface area (Å²) in [5, 5.41) is 13.0. The molecule has 2 aliphatic rings. The molecule has 0 aliphatic carbocycles. The highest BCUT2D eigenvalue weighted by Gasteiger charge is 2.52. The maximum atomic E-state index is 13.1. The van der Waals surface area contributed by atoms with Crippen LogP contribution in [0.3, 0.4) is 0 Å². The smallest absolute Gasteiger partial charge is 0.274 e. The second-order valence-corrected chi connectivity index (χ2v) is 9.84. The van der Waals surface area contributed by atoms with Crippen molar-refractivity contribution in [2.45, 2.75) is 30.6 Å². The fourth-order valence-corrected chi connectivity index (χ4v) is 5.92. The van der Waals surface area contributed by atoms with Crippen LogP contribution in [0.25, 0.3) is 0 Å². The maximum Gasteiger partial charge on any atom is 0.274 e. The van der Waals surface area contributed by atoms with E-state index in [1.165, 1.54) is 13.1 Å². The van der Waals surface area contributed by atoms with Crippen molar-refractivity contribution in [2.24, 2.45) is 0 Å². The van der Waals surface area contributed by atoms with Crippen LogP contribution in [0.4, 0.5) is 10.1 Å². The van der Waals surface area contributed by atoms with Gasteiger partial charge in [-0.2, -0.15) is 0 Å². The summed E-state index contributed by atoms with van der Waals surface area (Å²) in [5.41, 5.74) is -0.199. The molecule has 0 saturated carbocycles. The summed E-state index contributed by atoms with van der Waals surface area (Å²) in [7, 11) is -2.42. The van der Waals surface area contributed by atoms with E-state index >= 15 is 0 Å². The molecule has 3 N–H and O–H groups in total. The van der Waals surface area contributed by atoms with Crippen molar-refractivity contribution in [3.05, 3.63) is 53.6 Å². The summed E-state index contributed by atoms with van der Waals surface area (Å²) in [6.07, 6.45) is 1.84. The van der Waals surface area contributed by atoms with Gasteiger partial charge in [0.05, 0.1) is 18.3 Å². The van der Waals surface area contributed by atoms with Crippen LogP contribution in [0.1, 0.15) is 35.8 Å². The van der Waals surface area contributed by atoms with Gasteiger partial charge in [-0.15, -0.1) is 0 Å². The molecule has 0 spiro atoms. The molecule has 2 aliphatic heterocycles. The van der Waals surface area contributed by atoms with Gasteiger partial charge in [-0.1, -0.05) is 0 Å². The average molecular weight is 447 g/mol. The Bertz CT molecular complexity index is 1150. The third kappa shape index (κ3) is 3.58. The van der Waals surface area contributed by atoms with Gasteiger partial charge in [0.15, 0.2) is 0 Å². The SMILES string of the molecule is CN1C(=N)N[C@]2(C)c3cc(NC(=O)c4ccc(F)cn4)ccc3OCCC[C@@H]2S1(=O)=O. The normalized spacial score (nSPS) is 24.5. The monoisotopic (exact) mass is 447 g/mol. The molecule has 4 rings (SSSR count). The molecule has 31 heavy (non-hydrogen) atoms. The number of benzene rings is 1. The lowest BCUT2D eigenvalue weighted by Gasteiger charge is -2.47. The molecule has 2 aromatic rings. The van der Waals surface area contributed by atoms with Crippen LogP contribution in [0.2, 0.25) is 0 Å². The number of hydrogen-bond acceptors (Lipinski definition) is 6. The Balaban J connectivity index is 1.75. The molecule has 1 aromatic heterocycles. The molecule has 0 unspecified atom stereocenters. The van der Waals surface area contributed by atoms with Crippen LogP contribution in [0.5, 0.6) is 5.75 Å². The van der Waals surface area contributed by atoms with E-state index in [0.29, 0.717) is 36.4 Å². The first kappa shape index (κ1) is 21.0. The lowest BCUT2D eigenvalue weighted by Crippen LogP contribution is -2.66. The average Bonchev–Trinajstić information content (AvgIpc) is 2.71. The Labute approximate surface area is 179 Å². The van der Waals surface area contributed by atoms with Gasteiger partial charge >= 0.3 is 0 Å². The summed E-state index contributed by atoms with van der Waals surface area (Å²) in [5.74, 6) is -0.851. The largest absolute Gasteiger partial charge is 0.493 e. The Morgan fingerprint density at radius 3 is 2.87 bits per heavy atom. The van der Waals surface area contributed by atoms with Crippen LogP contribution >= 0.6 is 0 Å². The van der Waals surface area contributed by atoms with Crippen LogP contribution < -0.4 is 15.4 Å². The Hall–Kier alpha value is -3.21. The standard InChI is InChI=1S/C20H22FN5O4S/c1-20-14-10-13(24-18(27)15-7-5-12(21)11-23-15)6-8-16(14)30-9-3-4-17(20)31(28,29)26(2)19(22)25-20/h5-8,10-11,17H,3-4,9H2,1-2H3,(H2,22,25)(H,24,27)/t17-,20+/m0/s1. The Morgan fingerprint density at radius 1 is 1.39 bits per heavy atom. The van der Waals surface area contributed by atoms with Gasteiger partial charge in [-0.3, -0.25) is 10.2 Å². The summed E-state index contributed by atoms with van der Waals surface area (Å²) in [6.45, 7) is 2.07. The number of carbonyl (C=O) groups excluding carboxylic acids is 1. The third-order valence-corrected chi connectivity index (χ3v) is 8.08. The molecule has 164 valence electrons. The van der Waals surface area contributed by atoms with Gasteiger partial charge in [0, 0.05) is 18.3 Å². The van der Waals surface area contributed by atoms with Gasteiger partial charge in [0.25, 0.3) is 5.91 Å². The van der Waals surface area contributed by atoms with E-state index in [9.17, 15) is 17.6 Å². The van der Waals surface area contributed by atoms with Crippen molar-refractivity contribution in [1.82, 2.24) is 14.6 Å². The van der Waals surface area contributed by atoms with Crippen LogP contribution in [-0.4, -0.2) is 48.5 Å². The molecular formula is C20H22FN5O4S. The first-order chi connectivity index (χ1) is 14.6. The number of guanidine groups is 1. The fourth-order valence-electron chi connectivity index (χ4n) is 4.00. The van der Waals surface area contributed by atoms with Gasteiger partial charge < -0.3 is 15.4 Å². The number of anilines is 1. The number of carbonyl (C=O) groups is 1. The number of ether oxygens (including phenoxy) is 1. The quantitative estimate of drug-likeness (QED) is 0.647. The Kier molecular flexibility index (Phi) is 5.08. The number of nitrogens with one attached hydrogen (secondary N) is 3. The van der Waals surface area contributed by atoms with E-state index in [1.54, 1.807) is 25.1 Å². The van der Waals surface area contributed by atoms with Crippen molar-refractivity contribution < 1.29 is 22.3 Å². The number of aromatic nitrogens is 1. The fraction of sp³-hybridized carbons (Fsp3) is 0.350. The van der Waals surface area contributed by atoms with E-state index in [0.717, 1.165) is 16.6 Å². The van der Waals surface area contributed by atoms with Crippen molar-refractivity contribution in [3.63, 3.8) is 0 Å². The zero-order valence-electron chi connectivity index (χ0n) is 17.0. The number of sulfonamides is 1. The minimum Gasteiger partial charge on any atom is -0.493 e. The highest BCUT2D eigenvalue weighted by molar-refractivity contribution is 7.90. The lowest BCUT2D eigenvalue weighted by atomic mass is 9.84. The minimum absolute atomic E-state index is 0.0373. The van der Waals surface area contributed by atoms with Crippen molar-refractivity contribution in [2.75, 3.05) is 19.0 Å². The predicted molar refractivity (Wildman–Crippen MR) is 112 cm³/mol. The molecule has 3 heterocycles. The maximum absolute atomic E-state index is 13.1. The van der Waals surface area contributed by atoms with Crippen LogP contribution in [0, 0.1) is 11.2 Å². The summed E-state index contributed by atoms with van der Waals surface area (Å²) >= 11 is 0. The van der Waals surface area contributed by atoms with Gasteiger partial charge in [-0.05, 0) is 50.1 Å².